The Bertz CT molecular complexity index is 555. The highest BCUT2D eigenvalue weighted by molar-refractivity contribution is 5.94. The number of nitrogens with one attached hydrogen (secondary N) is 1. The lowest BCUT2D eigenvalue weighted by atomic mass is 9.96. The van der Waals surface area contributed by atoms with E-state index < -0.39 is 17.7 Å². The zero-order valence-electron chi connectivity index (χ0n) is 13.3. The summed E-state index contributed by atoms with van der Waals surface area (Å²) in [6, 6.07) is 7.00. The summed E-state index contributed by atoms with van der Waals surface area (Å²) in [5.41, 5.74) is 1.58. The number of benzene rings is 1. The topological polar surface area (TPSA) is 55.4 Å². The zero-order valence-corrected chi connectivity index (χ0v) is 13.3. The van der Waals surface area contributed by atoms with Crippen LogP contribution in [0.4, 0.5) is 4.79 Å². The number of carbonyl (C=O) groups is 2. The second-order valence-electron chi connectivity index (χ2n) is 6.07. The molecule has 1 aromatic carbocycles. The number of ether oxygens (including phenoxy) is 1. The standard InChI is InChI=1S/C17H23NO3/c1-11-8-7-9-14(10-11)15(12(2)13(3)19)18-16(20)21-17(4,5)6/h7-10,15H,2H2,1,3-6H3,(H,18,20)/t15-/m1/s1. The Balaban J connectivity index is 3.02. The normalized spacial score (nSPS) is 12.4. The van der Waals surface area contributed by atoms with Crippen LogP contribution in [0.2, 0.25) is 0 Å². The minimum absolute atomic E-state index is 0.169. The molecule has 0 unspecified atom stereocenters. The summed E-state index contributed by atoms with van der Waals surface area (Å²) in [6.07, 6.45) is -0.573. The van der Waals surface area contributed by atoms with E-state index in [0.717, 1.165) is 11.1 Å². The number of alkyl carbamates (subject to hydrolysis) is 1. The van der Waals surface area contributed by atoms with E-state index in [4.69, 9.17) is 4.74 Å². The van der Waals surface area contributed by atoms with Crippen molar-refractivity contribution >= 4 is 11.9 Å². The van der Waals surface area contributed by atoms with Crippen LogP contribution in [-0.4, -0.2) is 17.5 Å². The van der Waals surface area contributed by atoms with Gasteiger partial charge in [-0.1, -0.05) is 36.4 Å². The Morgan fingerprint density at radius 1 is 1.29 bits per heavy atom. The zero-order chi connectivity index (χ0) is 16.2. The Morgan fingerprint density at radius 2 is 1.90 bits per heavy atom. The number of rotatable bonds is 4. The number of hydrogen-bond acceptors (Lipinski definition) is 3. The van der Waals surface area contributed by atoms with Crippen LogP contribution in [-0.2, 0) is 9.53 Å². The number of ketones is 1. The van der Waals surface area contributed by atoms with Crippen molar-refractivity contribution in [3.05, 3.63) is 47.5 Å². The Morgan fingerprint density at radius 3 is 2.38 bits per heavy atom. The van der Waals surface area contributed by atoms with Gasteiger partial charge in [0.2, 0.25) is 0 Å². The molecular weight excluding hydrogens is 266 g/mol. The molecule has 0 saturated heterocycles. The van der Waals surface area contributed by atoms with E-state index in [-0.39, 0.29) is 5.78 Å². The molecule has 4 heteroatoms. The predicted molar refractivity (Wildman–Crippen MR) is 83.1 cm³/mol. The van der Waals surface area contributed by atoms with Crippen LogP contribution >= 0.6 is 0 Å². The summed E-state index contributed by atoms with van der Waals surface area (Å²) in [6.45, 7) is 12.5. The van der Waals surface area contributed by atoms with Crippen molar-refractivity contribution in [3.8, 4) is 0 Å². The molecule has 4 nitrogen and oxygen atoms in total. The number of carbonyl (C=O) groups excluding carboxylic acids is 2. The Labute approximate surface area is 126 Å². The molecule has 0 heterocycles. The van der Waals surface area contributed by atoms with Gasteiger partial charge in [0.25, 0.3) is 0 Å². The van der Waals surface area contributed by atoms with E-state index in [0.29, 0.717) is 5.57 Å². The summed E-state index contributed by atoms with van der Waals surface area (Å²) < 4.78 is 5.25. The molecule has 0 radical (unpaired) electrons. The second kappa shape index (κ2) is 6.57. The van der Waals surface area contributed by atoms with E-state index in [9.17, 15) is 9.59 Å². The van der Waals surface area contributed by atoms with Crippen LogP contribution in [0.15, 0.2) is 36.4 Å². The third kappa shape index (κ3) is 5.42. The lowest BCUT2D eigenvalue weighted by Crippen LogP contribution is -2.36. The van der Waals surface area contributed by atoms with Crippen molar-refractivity contribution in [1.82, 2.24) is 5.32 Å². The average molecular weight is 289 g/mol. The van der Waals surface area contributed by atoms with Crippen LogP contribution in [0.3, 0.4) is 0 Å². The molecular formula is C17H23NO3. The first-order valence-corrected chi connectivity index (χ1v) is 6.86. The summed E-state index contributed by atoms with van der Waals surface area (Å²) in [5, 5.41) is 2.72. The van der Waals surface area contributed by atoms with Crippen LogP contribution in [0.1, 0.15) is 44.9 Å². The molecule has 1 rings (SSSR count). The molecule has 0 aliphatic rings. The van der Waals surface area contributed by atoms with E-state index in [1.807, 2.05) is 31.2 Å². The molecule has 0 fully saturated rings. The van der Waals surface area contributed by atoms with Gasteiger partial charge in [-0.25, -0.2) is 4.79 Å². The number of aryl methyl sites for hydroxylation is 1. The molecule has 114 valence electrons. The van der Waals surface area contributed by atoms with Crippen molar-refractivity contribution < 1.29 is 14.3 Å². The number of Topliss-reactive ketones (excluding diaryl/α,β-unsaturated/α-hetero) is 1. The fourth-order valence-electron chi connectivity index (χ4n) is 1.85. The fourth-order valence-corrected chi connectivity index (χ4v) is 1.85. The fraction of sp³-hybridized carbons (Fsp3) is 0.412. The molecule has 0 spiro atoms. The van der Waals surface area contributed by atoms with Gasteiger partial charge in [-0.05, 0) is 40.2 Å². The van der Waals surface area contributed by atoms with Crippen LogP contribution in [0, 0.1) is 6.92 Å². The summed E-state index contributed by atoms with van der Waals surface area (Å²) >= 11 is 0. The van der Waals surface area contributed by atoms with Gasteiger partial charge in [-0.3, -0.25) is 4.79 Å². The van der Waals surface area contributed by atoms with Gasteiger partial charge < -0.3 is 10.1 Å². The lowest BCUT2D eigenvalue weighted by Gasteiger charge is -2.24. The first kappa shape index (κ1) is 17.0. The third-order valence-corrected chi connectivity index (χ3v) is 2.84. The molecule has 0 bridgehead atoms. The quantitative estimate of drug-likeness (QED) is 0.860. The van der Waals surface area contributed by atoms with Crippen molar-refractivity contribution in [1.29, 1.82) is 0 Å². The van der Waals surface area contributed by atoms with Crippen molar-refractivity contribution in [3.63, 3.8) is 0 Å². The summed E-state index contributed by atoms with van der Waals surface area (Å²) in [5.74, 6) is -0.169. The maximum Gasteiger partial charge on any atom is 0.408 e. The van der Waals surface area contributed by atoms with Crippen LogP contribution < -0.4 is 5.32 Å². The summed E-state index contributed by atoms with van der Waals surface area (Å²) in [4.78, 5) is 23.6. The average Bonchev–Trinajstić information content (AvgIpc) is 2.32. The number of amides is 1. The molecule has 0 saturated carbocycles. The van der Waals surface area contributed by atoms with Crippen LogP contribution in [0.25, 0.3) is 0 Å². The first-order valence-electron chi connectivity index (χ1n) is 6.86. The highest BCUT2D eigenvalue weighted by Gasteiger charge is 2.24. The van der Waals surface area contributed by atoms with Gasteiger partial charge in [0, 0.05) is 5.57 Å². The van der Waals surface area contributed by atoms with Gasteiger partial charge in [0.05, 0.1) is 6.04 Å². The van der Waals surface area contributed by atoms with E-state index >= 15 is 0 Å². The van der Waals surface area contributed by atoms with E-state index in [1.165, 1.54) is 6.92 Å². The highest BCUT2D eigenvalue weighted by Crippen LogP contribution is 2.23. The maximum atomic E-state index is 12.0. The first-order chi connectivity index (χ1) is 9.60. The largest absolute Gasteiger partial charge is 0.444 e. The monoisotopic (exact) mass is 289 g/mol. The Kier molecular flexibility index (Phi) is 5.30. The minimum atomic E-state index is -0.598. The van der Waals surface area contributed by atoms with Crippen molar-refractivity contribution in [2.45, 2.75) is 46.3 Å². The molecule has 1 aromatic rings. The predicted octanol–water partition coefficient (Wildman–Crippen LogP) is 3.71. The molecule has 0 aliphatic heterocycles. The van der Waals surface area contributed by atoms with Gasteiger partial charge >= 0.3 is 6.09 Å². The molecule has 21 heavy (non-hydrogen) atoms. The third-order valence-electron chi connectivity index (χ3n) is 2.84. The molecule has 1 amide bonds. The minimum Gasteiger partial charge on any atom is -0.444 e. The number of hydrogen-bond donors (Lipinski definition) is 1. The van der Waals surface area contributed by atoms with Gasteiger partial charge in [-0.15, -0.1) is 0 Å². The second-order valence-corrected chi connectivity index (χ2v) is 6.07. The maximum absolute atomic E-state index is 12.0. The smallest absolute Gasteiger partial charge is 0.408 e. The van der Waals surface area contributed by atoms with Gasteiger partial charge in [0.15, 0.2) is 5.78 Å². The SMILES string of the molecule is C=C(C(C)=O)[C@@H](NC(=O)OC(C)(C)C)c1cccc(C)c1. The van der Waals surface area contributed by atoms with E-state index in [2.05, 4.69) is 11.9 Å². The van der Waals surface area contributed by atoms with E-state index in [1.54, 1.807) is 20.8 Å². The van der Waals surface area contributed by atoms with Gasteiger partial charge in [-0.2, -0.15) is 0 Å². The van der Waals surface area contributed by atoms with Gasteiger partial charge in [0.1, 0.15) is 5.60 Å². The van der Waals surface area contributed by atoms with Crippen molar-refractivity contribution in [2.24, 2.45) is 0 Å². The molecule has 0 aromatic heterocycles. The highest BCUT2D eigenvalue weighted by atomic mass is 16.6. The molecule has 0 aliphatic carbocycles. The lowest BCUT2D eigenvalue weighted by molar-refractivity contribution is -0.113. The van der Waals surface area contributed by atoms with Crippen molar-refractivity contribution in [2.75, 3.05) is 0 Å². The summed E-state index contributed by atoms with van der Waals surface area (Å²) in [7, 11) is 0. The Hall–Kier alpha value is -2.10. The molecule has 1 N–H and O–H groups in total. The molecule has 1 atom stereocenters. The van der Waals surface area contributed by atoms with Crippen LogP contribution in [0.5, 0.6) is 0 Å².